The number of aromatic carboxylic acids is 1. The molecule has 1 aliphatic rings. The maximum Gasteiger partial charge on any atom is 0.337 e. The molecule has 1 aliphatic heterocycles. The zero-order valence-corrected chi connectivity index (χ0v) is 9.44. The Balaban J connectivity index is 2.24. The Hall–Kier alpha value is -1.58. The largest absolute Gasteiger partial charge is 0.478 e. The second-order valence-electron chi connectivity index (χ2n) is 4.22. The van der Waals surface area contributed by atoms with Gasteiger partial charge in [0.1, 0.15) is 5.82 Å². The highest BCUT2D eigenvalue weighted by Gasteiger charge is 2.15. The van der Waals surface area contributed by atoms with E-state index in [1.807, 2.05) is 6.92 Å². The summed E-state index contributed by atoms with van der Waals surface area (Å²) in [5.41, 5.74) is 1.21. The maximum absolute atomic E-state index is 10.8. The van der Waals surface area contributed by atoms with Crippen LogP contribution in [0.4, 0.5) is 5.82 Å². The van der Waals surface area contributed by atoms with Gasteiger partial charge in [0.25, 0.3) is 0 Å². The van der Waals surface area contributed by atoms with E-state index in [0.717, 1.165) is 24.5 Å². The smallest absolute Gasteiger partial charge is 0.337 e. The Kier molecular flexibility index (Phi) is 3.08. The zero-order valence-electron chi connectivity index (χ0n) is 9.44. The van der Waals surface area contributed by atoms with Crippen LogP contribution < -0.4 is 4.90 Å². The second kappa shape index (κ2) is 4.51. The van der Waals surface area contributed by atoms with Crippen LogP contribution in [0.1, 0.15) is 35.2 Å². The van der Waals surface area contributed by atoms with Crippen molar-refractivity contribution in [3.05, 3.63) is 23.4 Å². The maximum atomic E-state index is 10.8. The van der Waals surface area contributed by atoms with E-state index in [1.165, 1.54) is 25.5 Å². The summed E-state index contributed by atoms with van der Waals surface area (Å²) in [5, 5.41) is 8.86. The first-order chi connectivity index (χ1) is 7.68. The van der Waals surface area contributed by atoms with E-state index >= 15 is 0 Å². The quantitative estimate of drug-likeness (QED) is 0.829. The molecule has 0 bridgehead atoms. The molecule has 1 aromatic rings. The fourth-order valence-electron chi connectivity index (χ4n) is 2.12. The summed E-state index contributed by atoms with van der Waals surface area (Å²) in [6.45, 7) is 3.98. The average molecular weight is 220 g/mol. The molecule has 0 unspecified atom stereocenters. The minimum Gasteiger partial charge on any atom is -0.478 e. The van der Waals surface area contributed by atoms with E-state index in [-0.39, 0.29) is 5.56 Å². The number of carboxylic acids is 1. The molecule has 0 spiro atoms. The monoisotopic (exact) mass is 220 g/mol. The molecule has 1 fully saturated rings. The van der Waals surface area contributed by atoms with Crippen molar-refractivity contribution in [3.8, 4) is 0 Å². The van der Waals surface area contributed by atoms with Gasteiger partial charge in [-0.15, -0.1) is 0 Å². The third kappa shape index (κ3) is 2.15. The van der Waals surface area contributed by atoms with E-state index in [9.17, 15) is 4.79 Å². The Morgan fingerprint density at radius 2 is 2.06 bits per heavy atom. The minimum absolute atomic E-state index is 0.262. The number of carbonyl (C=O) groups is 1. The van der Waals surface area contributed by atoms with Gasteiger partial charge in [0.15, 0.2) is 0 Å². The minimum atomic E-state index is -0.916. The number of hydrogen-bond acceptors (Lipinski definition) is 3. The fourth-order valence-corrected chi connectivity index (χ4v) is 2.12. The standard InChI is InChI=1S/C12H16N2O2/c1-9-7-10(12(15)16)8-13-11(9)14-5-3-2-4-6-14/h7-8H,2-6H2,1H3,(H,15,16). The highest BCUT2D eigenvalue weighted by atomic mass is 16.4. The predicted octanol–water partition coefficient (Wildman–Crippen LogP) is 2.08. The number of piperidine rings is 1. The van der Waals surface area contributed by atoms with Gasteiger partial charge >= 0.3 is 5.97 Å². The summed E-state index contributed by atoms with van der Waals surface area (Å²) < 4.78 is 0. The Morgan fingerprint density at radius 1 is 1.38 bits per heavy atom. The SMILES string of the molecule is Cc1cc(C(=O)O)cnc1N1CCCCC1. The van der Waals surface area contributed by atoms with Crippen molar-refractivity contribution in [2.24, 2.45) is 0 Å². The molecule has 0 saturated carbocycles. The second-order valence-corrected chi connectivity index (χ2v) is 4.22. The highest BCUT2D eigenvalue weighted by Crippen LogP contribution is 2.21. The highest BCUT2D eigenvalue weighted by molar-refractivity contribution is 5.87. The van der Waals surface area contributed by atoms with E-state index in [0.29, 0.717) is 0 Å². The normalized spacial score (nSPS) is 16.2. The Bertz CT molecular complexity index is 398. The molecule has 0 amide bonds. The molecule has 16 heavy (non-hydrogen) atoms. The topological polar surface area (TPSA) is 53.4 Å². The number of anilines is 1. The van der Waals surface area contributed by atoms with Crippen LogP contribution in [0.5, 0.6) is 0 Å². The molecule has 4 nitrogen and oxygen atoms in total. The lowest BCUT2D eigenvalue weighted by molar-refractivity contribution is 0.0696. The molecule has 0 radical (unpaired) electrons. The molecule has 86 valence electrons. The number of pyridine rings is 1. The Morgan fingerprint density at radius 3 is 2.62 bits per heavy atom. The van der Waals surface area contributed by atoms with Gasteiger partial charge in [-0.05, 0) is 37.8 Å². The molecule has 1 saturated heterocycles. The molecule has 0 aromatic carbocycles. The van der Waals surface area contributed by atoms with Crippen LogP contribution in [0.25, 0.3) is 0 Å². The number of hydrogen-bond donors (Lipinski definition) is 1. The Labute approximate surface area is 94.9 Å². The van der Waals surface area contributed by atoms with Gasteiger partial charge in [-0.1, -0.05) is 0 Å². The zero-order chi connectivity index (χ0) is 11.5. The third-order valence-corrected chi connectivity index (χ3v) is 2.95. The summed E-state index contributed by atoms with van der Waals surface area (Å²) in [4.78, 5) is 17.3. The summed E-state index contributed by atoms with van der Waals surface area (Å²) in [5.74, 6) is 0.0190. The number of rotatable bonds is 2. The summed E-state index contributed by atoms with van der Waals surface area (Å²) >= 11 is 0. The number of nitrogens with zero attached hydrogens (tertiary/aromatic N) is 2. The van der Waals surface area contributed by atoms with Crippen LogP contribution in [0.2, 0.25) is 0 Å². The molecule has 2 rings (SSSR count). The molecule has 1 aromatic heterocycles. The van der Waals surface area contributed by atoms with Crippen molar-refractivity contribution in [3.63, 3.8) is 0 Å². The first-order valence-corrected chi connectivity index (χ1v) is 5.63. The molecular weight excluding hydrogens is 204 g/mol. The van der Waals surface area contributed by atoms with Crippen molar-refractivity contribution in [1.29, 1.82) is 0 Å². The molecule has 1 N–H and O–H groups in total. The van der Waals surface area contributed by atoms with E-state index < -0.39 is 5.97 Å². The lowest BCUT2D eigenvalue weighted by Crippen LogP contribution is -2.30. The lowest BCUT2D eigenvalue weighted by atomic mass is 10.1. The van der Waals surface area contributed by atoms with Gasteiger partial charge in [-0.25, -0.2) is 9.78 Å². The van der Waals surface area contributed by atoms with Crippen LogP contribution in [-0.2, 0) is 0 Å². The van der Waals surface area contributed by atoms with E-state index in [2.05, 4.69) is 9.88 Å². The van der Waals surface area contributed by atoms with Crippen molar-refractivity contribution in [2.75, 3.05) is 18.0 Å². The predicted molar refractivity (Wildman–Crippen MR) is 62.0 cm³/mol. The van der Waals surface area contributed by atoms with Crippen LogP contribution in [0, 0.1) is 6.92 Å². The number of aromatic nitrogens is 1. The fraction of sp³-hybridized carbons (Fsp3) is 0.500. The van der Waals surface area contributed by atoms with E-state index in [4.69, 9.17) is 5.11 Å². The lowest BCUT2D eigenvalue weighted by Gasteiger charge is -2.28. The summed E-state index contributed by atoms with van der Waals surface area (Å²) in [6, 6.07) is 1.69. The van der Waals surface area contributed by atoms with Crippen LogP contribution in [0.15, 0.2) is 12.3 Å². The third-order valence-electron chi connectivity index (χ3n) is 2.95. The summed E-state index contributed by atoms with van der Waals surface area (Å²) in [7, 11) is 0. The van der Waals surface area contributed by atoms with E-state index in [1.54, 1.807) is 6.07 Å². The van der Waals surface area contributed by atoms with Gasteiger partial charge in [0, 0.05) is 19.3 Å². The average Bonchev–Trinajstić information content (AvgIpc) is 2.30. The summed E-state index contributed by atoms with van der Waals surface area (Å²) in [6.07, 6.45) is 5.12. The molecule has 4 heteroatoms. The van der Waals surface area contributed by atoms with Crippen LogP contribution in [-0.4, -0.2) is 29.1 Å². The van der Waals surface area contributed by atoms with Gasteiger partial charge in [0.2, 0.25) is 0 Å². The molecule has 0 aliphatic carbocycles. The van der Waals surface area contributed by atoms with Crippen molar-refractivity contribution >= 4 is 11.8 Å². The first-order valence-electron chi connectivity index (χ1n) is 5.63. The molecule has 2 heterocycles. The van der Waals surface area contributed by atoms with Gasteiger partial charge < -0.3 is 10.0 Å². The van der Waals surface area contributed by atoms with Crippen LogP contribution in [0.3, 0.4) is 0 Å². The van der Waals surface area contributed by atoms with Crippen molar-refractivity contribution in [1.82, 2.24) is 4.98 Å². The van der Waals surface area contributed by atoms with Gasteiger partial charge in [-0.2, -0.15) is 0 Å². The number of aryl methyl sites for hydroxylation is 1. The molecule has 0 atom stereocenters. The number of carboxylic acid groups (broad SMARTS) is 1. The first kappa shape index (κ1) is 10.9. The molecular formula is C12H16N2O2. The van der Waals surface area contributed by atoms with Crippen LogP contribution >= 0.6 is 0 Å². The van der Waals surface area contributed by atoms with Gasteiger partial charge in [-0.3, -0.25) is 0 Å². The van der Waals surface area contributed by atoms with Crippen molar-refractivity contribution < 1.29 is 9.90 Å². The van der Waals surface area contributed by atoms with Crippen molar-refractivity contribution in [2.45, 2.75) is 26.2 Å². The van der Waals surface area contributed by atoms with Gasteiger partial charge in [0.05, 0.1) is 5.56 Å².